The lowest BCUT2D eigenvalue weighted by Crippen LogP contribution is -2.33. The van der Waals surface area contributed by atoms with Gasteiger partial charge in [-0.3, -0.25) is 14.3 Å². The van der Waals surface area contributed by atoms with Crippen LogP contribution in [0.15, 0.2) is 22.0 Å². The number of hydrogen-bond donors (Lipinski definition) is 6. The number of aromatic amines is 2. The van der Waals surface area contributed by atoms with E-state index >= 15 is 0 Å². The molecule has 13 heteroatoms. The van der Waals surface area contributed by atoms with Gasteiger partial charge in [0.25, 0.3) is 5.56 Å². The van der Waals surface area contributed by atoms with Gasteiger partial charge >= 0.3 is 5.69 Å². The highest BCUT2D eigenvalue weighted by Crippen LogP contribution is 2.27. The number of aliphatic hydroxyl groups excluding tert-OH is 2. The Bertz CT molecular complexity index is 1090. The summed E-state index contributed by atoms with van der Waals surface area (Å²) in [5.74, 6) is 0.518. The number of H-pyrrole nitrogens is 2. The molecule has 1 aliphatic heterocycles. The van der Waals surface area contributed by atoms with E-state index in [1.165, 1.54) is 10.8 Å². The van der Waals surface area contributed by atoms with Gasteiger partial charge in [-0.1, -0.05) is 0 Å². The maximum absolute atomic E-state index is 11.6. The molecular weight excluding hydrogens is 372 g/mol. The minimum atomic E-state index is -0.816. The minimum Gasteiger partial charge on any atom is -0.394 e. The summed E-state index contributed by atoms with van der Waals surface area (Å²) >= 11 is 0. The van der Waals surface area contributed by atoms with E-state index in [1.807, 2.05) is 0 Å². The topological polar surface area (TPSA) is 211 Å². The monoisotopic (exact) mass is 392 g/mol. The van der Waals surface area contributed by atoms with E-state index in [1.54, 1.807) is 13.1 Å². The standard InChI is InChI=1S/C10H14N2O5.C5H6N6/c1-5-3-12(10(16)11-9(5)15)8-2-6(14)7(4-13)17-8;6-4-8-1-2-3(10-4)11-5(7)9-2/h3,6-8,13-14H,2,4H2,1H3,(H,11,15,16);1H,(H5,6,7,8,9,10,11)/t6-,7+,8+;/m0./s1. The molecule has 4 rings (SSSR count). The van der Waals surface area contributed by atoms with Crippen molar-refractivity contribution in [2.75, 3.05) is 18.1 Å². The van der Waals surface area contributed by atoms with Gasteiger partial charge in [0.15, 0.2) is 11.6 Å². The van der Waals surface area contributed by atoms with E-state index in [4.69, 9.17) is 21.3 Å². The third kappa shape index (κ3) is 4.00. The van der Waals surface area contributed by atoms with Gasteiger partial charge in [0, 0.05) is 18.2 Å². The van der Waals surface area contributed by atoms with E-state index in [0.29, 0.717) is 22.7 Å². The second kappa shape index (κ2) is 7.75. The number of aryl methyl sites for hydroxylation is 1. The number of aromatic nitrogens is 6. The number of aliphatic hydroxyl groups is 2. The molecule has 0 spiro atoms. The molecule has 0 radical (unpaired) electrons. The summed E-state index contributed by atoms with van der Waals surface area (Å²) < 4.78 is 6.54. The SMILES string of the molecule is Cc1cn([C@H]2C[C@H](O)[C@@H](CO)O2)c(=O)[nH]c1=O.Nc1ncc2[nH]c(N)nc2n1. The molecular formula is C15H20N8O5. The first-order valence-corrected chi connectivity index (χ1v) is 8.28. The van der Waals surface area contributed by atoms with Crippen LogP contribution in [-0.4, -0.2) is 58.5 Å². The molecule has 0 unspecified atom stereocenters. The van der Waals surface area contributed by atoms with Crippen LogP contribution in [0.1, 0.15) is 18.2 Å². The van der Waals surface area contributed by atoms with Gasteiger partial charge in [-0.25, -0.2) is 9.78 Å². The summed E-state index contributed by atoms with van der Waals surface area (Å²) in [7, 11) is 0. The number of ether oxygens (including phenoxy) is 1. The third-order valence-corrected chi connectivity index (χ3v) is 4.12. The summed E-state index contributed by atoms with van der Waals surface area (Å²) in [6, 6.07) is 0. The van der Waals surface area contributed by atoms with Crippen LogP contribution in [0.5, 0.6) is 0 Å². The van der Waals surface area contributed by atoms with E-state index < -0.39 is 29.7 Å². The van der Waals surface area contributed by atoms with Gasteiger partial charge in [0.1, 0.15) is 17.8 Å². The molecule has 1 fully saturated rings. The first kappa shape index (κ1) is 19.5. The lowest BCUT2D eigenvalue weighted by Gasteiger charge is -2.14. The van der Waals surface area contributed by atoms with Crippen LogP contribution in [-0.2, 0) is 4.74 Å². The number of hydrogen-bond acceptors (Lipinski definition) is 10. The van der Waals surface area contributed by atoms with E-state index in [2.05, 4.69) is 24.9 Å². The number of rotatable bonds is 2. The molecule has 1 saturated heterocycles. The highest BCUT2D eigenvalue weighted by Gasteiger charge is 2.34. The molecule has 8 N–H and O–H groups in total. The zero-order valence-corrected chi connectivity index (χ0v) is 14.9. The lowest BCUT2D eigenvalue weighted by molar-refractivity contribution is -0.0459. The van der Waals surface area contributed by atoms with Gasteiger partial charge in [-0.2, -0.15) is 9.97 Å². The summed E-state index contributed by atoms with van der Waals surface area (Å²) in [4.78, 5) is 39.2. The molecule has 0 saturated carbocycles. The van der Waals surface area contributed by atoms with Crippen molar-refractivity contribution in [1.82, 2.24) is 29.5 Å². The first-order chi connectivity index (χ1) is 13.3. The van der Waals surface area contributed by atoms with Crippen molar-refractivity contribution in [2.45, 2.75) is 31.8 Å². The second-order valence-electron chi connectivity index (χ2n) is 6.18. The average molecular weight is 392 g/mol. The molecule has 150 valence electrons. The van der Waals surface area contributed by atoms with E-state index in [9.17, 15) is 14.7 Å². The molecule has 1 aliphatic rings. The fourth-order valence-corrected chi connectivity index (χ4v) is 2.69. The van der Waals surface area contributed by atoms with E-state index in [-0.39, 0.29) is 19.0 Å². The Kier molecular flexibility index (Phi) is 5.39. The van der Waals surface area contributed by atoms with Crippen LogP contribution in [0.2, 0.25) is 0 Å². The van der Waals surface area contributed by atoms with Crippen molar-refractivity contribution >= 4 is 23.1 Å². The van der Waals surface area contributed by atoms with Crippen LogP contribution >= 0.6 is 0 Å². The number of nitrogens with zero attached hydrogens (tertiary/aromatic N) is 4. The Morgan fingerprint density at radius 2 is 2.07 bits per heavy atom. The van der Waals surface area contributed by atoms with Crippen LogP contribution in [0.25, 0.3) is 11.2 Å². The lowest BCUT2D eigenvalue weighted by atomic mass is 10.2. The second-order valence-corrected chi connectivity index (χ2v) is 6.18. The molecule has 3 aromatic rings. The third-order valence-electron chi connectivity index (χ3n) is 4.12. The molecule has 28 heavy (non-hydrogen) atoms. The molecule has 4 heterocycles. The molecule has 0 bridgehead atoms. The van der Waals surface area contributed by atoms with Crippen molar-refractivity contribution in [1.29, 1.82) is 0 Å². The van der Waals surface area contributed by atoms with E-state index in [0.717, 1.165) is 0 Å². The van der Waals surface area contributed by atoms with Crippen molar-refractivity contribution in [3.8, 4) is 0 Å². The van der Waals surface area contributed by atoms with Crippen molar-refractivity contribution < 1.29 is 14.9 Å². The smallest absolute Gasteiger partial charge is 0.330 e. The Labute approximate surface area is 157 Å². The number of imidazole rings is 1. The van der Waals surface area contributed by atoms with Crippen LogP contribution in [0.4, 0.5) is 11.9 Å². The number of anilines is 2. The predicted molar refractivity (Wildman–Crippen MR) is 98.2 cm³/mol. The minimum absolute atomic E-state index is 0.198. The van der Waals surface area contributed by atoms with Crippen molar-refractivity contribution in [3.63, 3.8) is 0 Å². The maximum Gasteiger partial charge on any atom is 0.330 e. The molecule has 0 amide bonds. The fourth-order valence-electron chi connectivity index (χ4n) is 2.69. The molecule has 3 atom stereocenters. The number of fused-ring (bicyclic) bond motifs is 1. The maximum atomic E-state index is 11.6. The van der Waals surface area contributed by atoms with Gasteiger partial charge in [-0.15, -0.1) is 0 Å². The summed E-state index contributed by atoms with van der Waals surface area (Å²) in [6.45, 7) is 1.26. The number of nitrogens with two attached hydrogens (primary N) is 2. The average Bonchev–Trinajstić information content (AvgIpc) is 3.19. The summed E-state index contributed by atoms with van der Waals surface area (Å²) in [5, 5.41) is 18.5. The zero-order chi connectivity index (χ0) is 20.4. The normalized spacial score (nSPS) is 21.5. The molecule has 0 aliphatic carbocycles. The van der Waals surface area contributed by atoms with Crippen molar-refractivity contribution in [3.05, 3.63) is 38.8 Å². The summed E-state index contributed by atoms with van der Waals surface area (Å²) in [5.41, 5.74) is 11.2. The van der Waals surface area contributed by atoms with Crippen LogP contribution < -0.4 is 22.7 Å². The van der Waals surface area contributed by atoms with Gasteiger partial charge in [0.2, 0.25) is 5.95 Å². The van der Waals surface area contributed by atoms with Gasteiger partial charge in [0.05, 0.1) is 18.9 Å². The van der Waals surface area contributed by atoms with Crippen molar-refractivity contribution in [2.24, 2.45) is 0 Å². The Morgan fingerprint density at radius 3 is 2.75 bits per heavy atom. The Hall–Kier alpha value is -3.29. The largest absolute Gasteiger partial charge is 0.394 e. The number of nitrogens with one attached hydrogen (secondary N) is 2. The highest BCUT2D eigenvalue weighted by molar-refractivity contribution is 5.72. The van der Waals surface area contributed by atoms with Gasteiger partial charge < -0.3 is 31.4 Å². The summed E-state index contributed by atoms with van der Waals surface area (Å²) in [6.07, 6.45) is 0.962. The zero-order valence-electron chi connectivity index (χ0n) is 14.9. The van der Waals surface area contributed by atoms with Crippen LogP contribution in [0.3, 0.4) is 0 Å². The predicted octanol–water partition coefficient (Wildman–Crippen LogP) is -2.00. The highest BCUT2D eigenvalue weighted by atomic mass is 16.5. The molecule has 13 nitrogen and oxygen atoms in total. The Morgan fingerprint density at radius 1 is 1.32 bits per heavy atom. The van der Waals surface area contributed by atoms with Gasteiger partial charge in [-0.05, 0) is 6.92 Å². The first-order valence-electron chi connectivity index (χ1n) is 8.28. The molecule has 0 aromatic carbocycles. The fraction of sp³-hybridized carbons (Fsp3) is 0.400. The molecule has 3 aromatic heterocycles. The Balaban J connectivity index is 0.000000176. The number of nitrogen functional groups attached to an aromatic ring is 2. The van der Waals surface area contributed by atoms with Crippen LogP contribution in [0, 0.1) is 6.92 Å². The quantitative estimate of drug-likeness (QED) is 0.282.